The Hall–Kier alpha value is -1.78. The van der Waals surface area contributed by atoms with Gasteiger partial charge < -0.3 is 14.1 Å². The lowest BCUT2D eigenvalue weighted by molar-refractivity contribution is -0.128. The molecule has 0 unspecified atom stereocenters. The molecule has 96 valence electrons. The van der Waals surface area contributed by atoms with Crippen molar-refractivity contribution in [2.45, 2.75) is 25.3 Å². The van der Waals surface area contributed by atoms with E-state index in [-0.39, 0.29) is 17.8 Å². The topological polar surface area (TPSA) is 59.8 Å². The van der Waals surface area contributed by atoms with Crippen LogP contribution in [0.4, 0.5) is 0 Å². The van der Waals surface area contributed by atoms with Gasteiger partial charge in [-0.2, -0.15) is 0 Å². The summed E-state index contributed by atoms with van der Waals surface area (Å²) >= 11 is 0. The summed E-state index contributed by atoms with van der Waals surface area (Å²) in [6, 6.07) is 2.02. The first-order chi connectivity index (χ1) is 8.74. The van der Waals surface area contributed by atoms with Gasteiger partial charge >= 0.3 is 5.97 Å². The molecule has 2 fully saturated rings. The monoisotopic (exact) mass is 249 g/mol. The van der Waals surface area contributed by atoms with E-state index in [1.807, 2.05) is 4.90 Å². The molecule has 0 spiro atoms. The van der Waals surface area contributed by atoms with Crippen LogP contribution in [-0.2, 0) is 9.53 Å². The Kier molecular flexibility index (Phi) is 2.81. The normalized spacial score (nSPS) is 23.4. The molecule has 2 heterocycles. The molecule has 2 aliphatic rings. The van der Waals surface area contributed by atoms with Gasteiger partial charge in [-0.15, -0.1) is 0 Å². The van der Waals surface area contributed by atoms with E-state index in [0.717, 1.165) is 19.4 Å². The summed E-state index contributed by atoms with van der Waals surface area (Å²) in [7, 11) is 0. The van der Waals surface area contributed by atoms with E-state index in [2.05, 4.69) is 0 Å². The van der Waals surface area contributed by atoms with Crippen LogP contribution in [0, 0.1) is 5.92 Å². The van der Waals surface area contributed by atoms with Crippen molar-refractivity contribution in [3.8, 4) is 0 Å². The minimum absolute atomic E-state index is 0.133. The summed E-state index contributed by atoms with van der Waals surface area (Å²) in [5.41, 5.74) is 0.415. The Morgan fingerprint density at radius 1 is 1.50 bits per heavy atom. The van der Waals surface area contributed by atoms with Crippen LogP contribution in [0.2, 0.25) is 0 Å². The SMILES string of the molecule is O=C(OC[C@H]1CC(=O)N(C2CC2)C1)c1ccoc1. The molecule has 1 aromatic rings. The van der Waals surface area contributed by atoms with E-state index >= 15 is 0 Å². The zero-order valence-corrected chi connectivity index (χ0v) is 10.0. The molecule has 0 aromatic carbocycles. The first kappa shape index (κ1) is 11.3. The molecular formula is C13H15NO4. The van der Waals surface area contributed by atoms with Crippen molar-refractivity contribution in [1.29, 1.82) is 0 Å². The maximum absolute atomic E-state index is 11.7. The number of esters is 1. The van der Waals surface area contributed by atoms with Gasteiger partial charge in [0.1, 0.15) is 6.26 Å². The average molecular weight is 249 g/mol. The van der Waals surface area contributed by atoms with Crippen LogP contribution in [0.25, 0.3) is 0 Å². The number of furan rings is 1. The standard InChI is InChI=1S/C13H15NO4/c15-12-5-9(6-14(12)11-1-2-11)7-18-13(16)10-3-4-17-8-10/h3-4,8-9,11H,1-2,5-7H2/t9-/m0/s1. The van der Waals surface area contributed by atoms with Gasteiger partial charge in [0.15, 0.2) is 0 Å². The molecule has 5 heteroatoms. The third-order valence-electron chi connectivity index (χ3n) is 3.43. The van der Waals surface area contributed by atoms with E-state index < -0.39 is 0 Å². The largest absolute Gasteiger partial charge is 0.472 e. The number of ether oxygens (including phenoxy) is 1. The Bertz CT molecular complexity index is 450. The Balaban J connectivity index is 1.49. The summed E-state index contributed by atoms with van der Waals surface area (Å²) < 4.78 is 10.0. The van der Waals surface area contributed by atoms with Crippen molar-refractivity contribution >= 4 is 11.9 Å². The second kappa shape index (κ2) is 4.48. The lowest BCUT2D eigenvalue weighted by atomic mass is 10.1. The molecule has 5 nitrogen and oxygen atoms in total. The molecule has 1 aromatic heterocycles. The van der Waals surface area contributed by atoms with Gasteiger partial charge in [0, 0.05) is 24.9 Å². The molecule has 1 saturated heterocycles. The number of hydrogen-bond acceptors (Lipinski definition) is 4. The maximum Gasteiger partial charge on any atom is 0.341 e. The van der Waals surface area contributed by atoms with Crippen LogP contribution in [0.15, 0.2) is 23.0 Å². The van der Waals surface area contributed by atoms with Gasteiger partial charge in [-0.1, -0.05) is 0 Å². The first-order valence-electron chi connectivity index (χ1n) is 6.23. The van der Waals surface area contributed by atoms with Crippen molar-refractivity contribution in [1.82, 2.24) is 4.90 Å². The summed E-state index contributed by atoms with van der Waals surface area (Å²) in [6.07, 6.45) is 5.53. The number of carbonyl (C=O) groups excluding carboxylic acids is 2. The van der Waals surface area contributed by atoms with Crippen molar-refractivity contribution in [2.75, 3.05) is 13.2 Å². The second-order valence-electron chi connectivity index (χ2n) is 4.96. The molecule has 1 saturated carbocycles. The van der Waals surface area contributed by atoms with Crippen molar-refractivity contribution in [3.63, 3.8) is 0 Å². The minimum atomic E-state index is -0.388. The van der Waals surface area contributed by atoms with E-state index in [9.17, 15) is 9.59 Å². The van der Waals surface area contributed by atoms with Crippen molar-refractivity contribution in [3.05, 3.63) is 24.2 Å². The van der Waals surface area contributed by atoms with Crippen LogP contribution in [0.3, 0.4) is 0 Å². The van der Waals surface area contributed by atoms with E-state index in [0.29, 0.717) is 24.6 Å². The molecule has 0 bridgehead atoms. The smallest absolute Gasteiger partial charge is 0.341 e. The highest BCUT2D eigenvalue weighted by atomic mass is 16.5. The lowest BCUT2D eigenvalue weighted by Crippen LogP contribution is -2.27. The Morgan fingerprint density at radius 2 is 2.33 bits per heavy atom. The molecule has 18 heavy (non-hydrogen) atoms. The van der Waals surface area contributed by atoms with Crippen LogP contribution in [0.5, 0.6) is 0 Å². The fraction of sp³-hybridized carbons (Fsp3) is 0.538. The van der Waals surface area contributed by atoms with Crippen LogP contribution >= 0.6 is 0 Å². The zero-order chi connectivity index (χ0) is 12.5. The average Bonchev–Trinajstić information content (AvgIpc) is 2.91. The molecule has 0 N–H and O–H groups in total. The summed E-state index contributed by atoms with van der Waals surface area (Å²) in [5.74, 6) is -0.0584. The number of likely N-dealkylation sites (tertiary alicyclic amines) is 1. The summed E-state index contributed by atoms with van der Waals surface area (Å²) in [6.45, 7) is 1.03. The van der Waals surface area contributed by atoms with Crippen molar-refractivity contribution in [2.24, 2.45) is 5.92 Å². The van der Waals surface area contributed by atoms with Crippen LogP contribution in [-0.4, -0.2) is 36.0 Å². The van der Waals surface area contributed by atoms with Gasteiger partial charge in [-0.3, -0.25) is 4.79 Å². The first-order valence-corrected chi connectivity index (χ1v) is 6.23. The third kappa shape index (κ3) is 2.25. The Labute approximate surface area is 105 Å². The molecule has 1 aliphatic heterocycles. The zero-order valence-electron chi connectivity index (χ0n) is 10.0. The fourth-order valence-electron chi connectivity index (χ4n) is 2.32. The van der Waals surface area contributed by atoms with Gasteiger partial charge in [0.25, 0.3) is 0 Å². The predicted molar refractivity (Wildman–Crippen MR) is 61.8 cm³/mol. The maximum atomic E-state index is 11.7. The lowest BCUT2D eigenvalue weighted by Gasteiger charge is -2.15. The molecular weight excluding hydrogens is 234 g/mol. The number of nitrogens with zero attached hydrogens (tertiary/aromatic N) is 1. The van der Waals surface area contributed by atoms with Crippen LogP contribution in [0.1, 0.15) is 29.6 Å². The predicted octanol–water partition coefficient (Wildman–Crippen LogP) is 1.45. The van der Waals surface area contributed by atoms with Gasteiger partial charge in [-0.25, -0.2) is 4.79 Å². The van der Waals surface area contributed by atoms with Crippen LogP contribution < -0.4 is 0 Å². The van der Waals surface area contributed by atoms with E-state index in [1.165, 1.54) is 12.5 Å². The summed E-state index contributed by atoms with van der Waals surface area (Å²) in [4.78, 5) is 25.2. The number of hydrogen-bond donors (Lipinski definition) is 0. The second-order valence-corrected chi connectivity index (χ2v) is 4.96. The number of amides is 1. The third-order valence-corrected chi connectivity index (χ3v) is 3.43. The Morgan fingerprint density at radius 3 is 3.00 bits per heavy atom. The highest BCUT2D eigenvalue weighted by molar-refractivity contribution is 5.88. The quantitative estimate of drug-likeness (QED) is 0.758. The minimum Gasteiger partial charge on any atom is -0.472 e. The van der Waals surface area contributed by atoms with Gasteiger partial charge in [0.05, 0.1) is 18.4 Å². The van der Waals surface area contributed by atoms with E-state index in [1.54, 1.807) is 6.07 Å². The van der Waals surface area contributed by atoms with Crippen molar-refractivity contribution < 1.29 is 18.7 Å². The molecule has 1 atom stereocenters. The fourth-order valence-corrected chi connectivity index (χ4v) is 2.32. The van der Waals surface area contributed by atoms with Gasteiger partial charge in [0.2, 0.25) is 5.91 Å². The molecule has 1 amide bonds. The highest BCUT2D eigenvalue weighted by Crippen LogP contribution is 2.32. The number of rotatable bonds is 4. The van der Waals surface area contributed by atoms with Gasteiger partial charge in [-0.05, 0) is 18.9 Å². The number of carbonyl (C=O) groups is 2. The summed E-state index contributed by atoms with van der Waals surface area (Å²) in [5, 5.41) is 0. The van der Waals surface area contributed by atoms with E-state index in [4.69, 9.17) is 9.15 Å². The highest BCUT2D eigenvalue weighted by Gasteiger charge is 2.39. The molecule has 1 aliphatic carbocycles. The molecule has 3 rings (SSSR count). The molecule has 0 radical (unpaired) electrons.